The number of benzene rings is 2. The van der Waals surface area contributed by atoms with Crippen molar-refractivity contribution in [2.45, 2.75) is 50.1 Å². The molecule has 166 valence electrons. The Balaban J connectivity index is 1.38. The van der Waals surface area contributed by atoms with E-state index in [1.807, 2.05) is 24.3 Å². The van der Waals surface area contributed by atoms with Gasteiger partial charge in [0, 0.05) is 56.8 Å². The number of hydrazine groups is 1. The lowest BCUT2D eigenvalue weighted by Crippen LogP contribution is -2.55. The number of carbonyl (C=O) groups is 1. The van der Waals surface area contributed by atoms with Crippen LogP contribution >= 0.6 is 0 Å². The molecule has 2 aromatic rings. The van der Waals surface area contributed by atoms with E-state index in [0.29, 0.717) is 6.42 Å². The quantitative estimate of drug-likeness (QED) is 0.712. The van der Waals surface area contributed by atoms with Gasteiger partial charge in [0.25, 0.3) is 0 Å². The molecule has 0 aromatic heterocycles. The van der Waals surface area contributed by atoms with Gasteiger partial charge in [0.1, 0.15) is 5.82 Å². The zero-order valence-electron chi connectivity index (χ0n) is 18.3. The Morgan fingerprint density at radius 2 is 2.00 bits per heavy atom. The molecule has 2 N–H and O–H groups in total. The van der Waals surface area contributed by atoms with Gasteiger partial charge in [-0.15, -0.1) is 0 Å². The number of halogens is 1. The number of carbonyl (C=O) groups excluding carboxylic acids is 1. The van der Waals surface area contributed by atoms with Crippen LogP contribution in [0.25, 0.3) is 0 Å². The Labute approximate surface area is 184 Å². The van der Waals surface area contributed by atoms with Crippen LogP contribution in [0.5, 0.6) is 0 Å². The third-order valence-electron chi connectivity index (χ3n) is 6.67. The summed E-state index contributed by atoms with van der Waals surface area (Å²) in [6.07, 6.45) is 4.55. The fourth-order valence-corrected chi connectivity index (χ4v) is 5.00. The van der Waals surface area contributed by atoms with Crippen molar-refractivity contribution in [3.8, 4) is 0 Å². The maximum atomic E-state index is 13.8. The van der Waals surface area contributed by atoms with E-state index in [1.165, 1.54) is 11.8 Å². The summed E-state index contributed by atoms with van der Waals surface area (Å²) in [4.78, 5) is 17.5. The molecule has 0 spiro atoms. The minimum absolute atomic E-state index is 0.0954. The molecule has 0 radical (unpaired) electrons. The molecule has 1 amide bonds. The molecule has 0 saturated carbocycles. The minimum Gasteiger partial charge on any atom is -0.375 e. The van der Waals surface area contributed by atoms with Crippen molar-refractivity contribution in [2.75, 3.05) is 31.6 Å². The number of piperidine rings is 1. The van der Waals surface area contributed by atoms with Gasteiger partial charge in [0.2, 0.25) is 5.91 Å². The molecule has 31 heavy (non-hydrogen) atoms. The zero-order valence-corrected chi connectivity index (χ0v) is 18.3. The van der Waals surface area contributed by atoms with Crippen LogP contribution in [-0.2, 0) is 4.79 Å². The number of nitrogens with one attached hydrogen (secondary N) is 2. The number of anilines is 1. The number of hydrogen-bond donors (Lipinski definition) is 2. The summed E-state index contributed by atoms with van der Waals surface area (Å²) in [5, 5.41) is 0. The van der Waals surface area contributed by atoms with E-state index in [0.717, 1.165) is 50.9 Å². The van der Waals surface area contributed by atoms with E-state index in [4.69, 9.17) is 0 Å². The lowest BCUT2D eigenvalue weighted by atomic mass is 9.84. The molecule has 4 rings (SSSR count). The van der Waals surface area contributed by atoms with Crippen LogP contribution in [0.2, 0.25) is 0 Å². The lowest BCUT2D eigenvalue weighted by molar-refractivity contribution is -0.135. The summed E-state index contributed by atoms with van der Waals surface area (Å²) in [5.74, 6) is 0.179. The van der Waals surface area contributed by atoms with Crippen LogP contribution in [-0.4, -0.2) is 49.6 Å². The van der Waals surface area contributed by atoms with Gasteiger partial charge >= 0.3 is 0 Å². The molecule has 2 aromatic carbocycles. The Bertz CT molecular complexity index is 862. The molecular formula is C25H33FN4O. The van der Waals surface area contributed by atoms with E-state index in [9.17, 15) is 9.18 Å². The van der Waals surface area contributed by atoms with Gasteiger partial charge in [-0.3, -0.25) is 15.6 Å². The Hall–Kier alpha value is -2.44. The highest BCUT2D eigenvalue weighted by Crippen LogP contribution is 2.31. The molecule has 2 aliphatic heterocycles. The smallest absolute Gasteiger partial charge is 0.222 e. The number of amides is 1. The Morgan fingerprint density at radius 1 is 1.16 bits per heavy atom. The van der Waals surface area contributed by atoms with Crippen molar-refractivity contribution in [3.63, 3.8) is 0 Å². The summed E-state index contributed by atoms with van der Waals surface area (Å²) in [5.41, 5.74) is 8.82. The fourth-order valence-electron chi connectivity index (χ4n) is 5.00. The molecule has 0 bridgehead atoms. The third kappa shape index (κ3) is 5.25. The lowest BCUT2D eigenvalue weighted by Gasteiger charge is -2.41. The normalized spacial score (nSPS) is 23.7. The van der Waals surface area contributed by atoms with E-state index in [-0.39, 0.29) is 29.7 Å². The van der Waals surface area contributed by atoms with E-state index >= 15 is 0 Å². The first-order valence-corrected chi connectivity index (χ1v) is 11.4. The molecule has 0 aliphatic carbocycles. The van der Waals surface area contributed by atoms with Crippen molar-refractivity contribution in [2.24, 2.45) is 0 Å². The van der Waals surface area contributed by atoms with Crippen LogP contribution in [0.15, 0.2) is 54.6 Å². The molecule has 2 aliphatic rings. The summed E-state index contributed by atoms with van der Waals surface area (Å²) in [7, 11) is 2.07. The topological polar surface area (TPSA) is 47.6 Å². The average molecular weight is 425 g/mol. The number of hydrogen-bond acceptors (Lipinski definition) is 4. The second kappa shape index (κ2) is 10.2. The molecule has 2 fully saturated rings. The summed E-state index contributed by atoms with van der Waals surface area (Å²) in [6, 6.07) is 17.4. The van der Waals surface area contributed by atoms with E-state index in [2.05, 4.69) is 39.8 Å². The molecule has 6 heteroatoms. The highest BCUT2D eigenvalue weighted by atomic mass is 19.1. The maximum absolute atomic E-state index is 13.8. The second-order valence-electron chi connectivity index (χ2n) is 8.72. The number of nitrogens with zero attached hydrogens (tertiary/aromatic N) is 2. The molecule has 3 unspecified atom stereocenters. The van der Waals surface area contributed by atoms with Gasteiger partial charge in [-0.2, -0.15) is 0 Å². The van der Waals surface area contributed by atoms with Gasteiger partial charge in [0.05, 0.1) is 0 Å². The predicted molar refractivity (Wildman–Crippen MR) is 122 cm³/mol. The van der Waals surface area contributed by atoms with Crippen molar-refractivity contribution < 1.29 is 9.18 Å². The van der Waals surface area contributed by atoms with Gasteiger partial charge in [-0.25, -0.2) is 4.39 Å². The minimum atomic E-state index is -0.206. The first-order chi connectivity index (χ1) is 15.1. The second-order valence-corrected chi connectivity index (χ2v) is 8.72. The largest absolute Gasteiger partial charge is 0.375 e. The Kier molecular flexibility index (Phi) is 7.20. The number of para-hydroxylation sites is 1. The van der Waals surface area contributed by atoms with Crippen LogP contribution < -0.4 is 15.8 Å². The highest BCUT2D eigenvalue weighted by molar-refractivity contribution is 5.76. The van der Waals surface area contributed by atoms with Crippen molar-refractivity contribution >= 4 is 11.6 Å². The Morgan fingerprint density at radius 3 is 2.81 bits per heavy atom. The molecule has 2 saturated heterocycles. The standard InChI is InChI=1S/C25H33FN4O/c1-29(21-11-3-2-4-12-21)15-8-14-24(31)30-16-6-5-13-23(30)25-22(18-27-28-25)19-9-7-10-20(26)17-19/h2-4,7,9-12,17,22-23,25,27-28H,5-6,8,13-16,18H2,1H3. The maximum Gasteiger partial charge on any atom is 0.222 e. The van der Waals surface area contributed by atoms with Crippen molar-refractivity contribution in [3.05, 3.63) is 66.0 Å². The highest BCUT2D eigenvalue weighted by Gasteiger charge is 2.40. The molecule has 3 atom stereocenters. The van der Waals surface area contributed by atoms with Gasteiger partial charge in [0.15, 0.2) is 0 Å². The zero-order chi connectivity index (χ0) is 21.6. The van der Waals surface area contributed by atoms with Crippen LogP contribution in [0.1, 0.15) is 43.6 Å². The summed E-state index contributed by atoms with van der Waals surface area (Å²) < 4.78 is 13.8. The first kappa shape index (κ1) is 21.8. The van der Waals surface area contributed by atoms with E-state index < -0.39 is 0 Å². The predicted octanol–water partition coefficient (Wildman–Crippen LogP) is 3.68. The van der Waals surface area contributed by atoms with Crippen molar-refractivity contribution in [1.29, 1.82) is 0 Å². The van der Waals surface area contributed by atoms with Crippen molar-refractivity contribution in [1.82, 2.24) is 15.8 Å². The average Bonchev–Trinajstić information content (AvgIpc) is 3.29. The van der Waals surface area contributed by atoms with Crippen LogP contribution in [0, 0.1) is 5.82 Å². The molecule has 2 heterocycles. The van der Waals surface area contributed by atoms with Gasteiger partial charge in [-0.1, -0.05) is 30.3 Å². The number of rotatable bonds is 7. The monoisotopic (exact) mass is 424 g/mol. The summed E-state index contributed by atoms with van der Waals surface area (Å²) >= 11 is 0. The SMILES string of the molecule is CN(CCCC(=O)N1CCCCC1C1NNCC1c1cccc(F)c1)c1ccccc1. The molecular weight excluding hydrogens is 391 g/mol. The van der Waals surface area contributed by atoms with Crippen LogP contribution in [0.3, 0.4) is 0 Å². The van der Waals surface area contributed by atoms with E-state index in [1.54, 1.807) is 12.1 Å². The summed E-state index contributed by atoms with van der Waals surface area (Å²) in [6.45, 7) is 2.41. The van der Waals surface area contributed by atoms with Gasteiger partial charge < -0.3 is 9.80 Å². The first-order valence-electron chi connectivity index (χ1n) is 11.4. The number of likely N-dealkylation sites (tertiary alicyclic amines) is 1. The molecule has 5 nitrogen and oxygen atoms in total. The van der Waals surface area contributed by atoms with Crippen LogP contribution in [0.4, 0.5) is 10.1 Å². The third-order valence-corrected chi connectivity index (χ3v) is 6.67. The van der Waals surface area contributed by atoms with Gasteiger partial charge in [-0.05, 0) is 55.5 Å². The fraction of sp³-hybridized carbons (Fsp3) is 0.480.